The summed E-state index contributed by atoms with van der Waals surface area (Å²) in [4.78, 5) is 30.7. The molecule has 0 aliphatic carbocycles. The van der Waals surface area contributed by atoms with Gasteiger partial charge in [0.2, 0.25) is 0 Å². The van der Waals surface area contributed by atoms with Gasteiger partial charge in [0, 0.05) is 59.1 Å². The molecule has 1 aromatic carbocycles. The quantitative estimate of drug-likeness (QED) is 0.686. The normalized spacial score (nSPS) is 16.6. The number of amides is 2. The standard InChI is InChI=1S/C20H33N5O2/c1-5-10-21-19(26)20(27)22-15-18(25-13-11-24(4)12-14-25)16-6-8-17(9-7-16)23(2)3/h6-9,18H,5,10-15H2,1-4H3,(H,21,26)(H,22,27)/t18-/m0/s1. The van der Waals surface area contributed by atoms with Gasteiger partial charge >= 0.3 is 11.8 Å². The van der Waals surface area contributed by atoms with E-state index in [2.05, 4.69) is 56.6 Å². The maximum absolute atomic E-state index is 12.1. The molecule has 1 heterocycles. The predicted octanol–water partition coefficient (Wildman–Crippen LogP) is 0.684. The van der Waals surface area contributed by atoms with E-state index < -0.39 is 11.8 Å². The highest BCUT2D eigenvalue weighted by atomic mass is 16.2. The Morgan fingerprint density at radius 2 is 1.63 bits per heavy atom. The van der Waals surface area contributed by atoms with Crippen LogP contribution in [-0.2, 0) is 9.59 Å². The van der Waals surface area contributed by atoms with Crippen molar-refractivity contribution in [3.05, 3.63) is 29.8 Å². The molecule has 1 aliphatic heterocycles. The van der Waals surface area contributed by atoms with Gasteiger partial charge in [0.1, 0.15) is 0 Å². The molecule has 0 radical (unpaired) electrons. The summed E-state index contributed by atoms with van der Waals surface area (Å²) in [7, 11) is 6.16. The number of benzene rings is 1. The Labute approximate surface area is 162 Å². The predicted molar refractivity (Wildman–Crippen MR) is 109 cm³/mol. The Bertz CT molecular complexity index is 609. The molecule has 2 amide bonds. The Morgan fingerprint density at radius 1 is 1.04 bits per heavy atom. The number of anilines is 1. The smallest absolute Gasteiger partial charge is 0.309 e. The molecule has 0 saturated carbocycles. The van der Waals surface area contributed by atoms with Gasteiger partial charge in [-0.3, -0.25) is 14.5 Å². The number of nitrogens with one attached hydrogen (secondary N) is 2. The fourth-order valence-corrected chi connectivity index (χ4v) is 3.17. The number of nitrogens with zero attached hydrogens (tertiary/aromatic N) is 3. The lowest BCUT2D eigenvalue weighted by molar-refractivity contribution is -0.139. The second-order valence-electron chi connectivity index (χ2n) is 7.31. The van der Waals surface area contributed by atoms with Gasteiger partial charge in [0.25, 0.3) is 0 Å². The van der Waals surface area contributed by atoms with Crippen LogP contribution < -0.4 is 15.5 Å². The minimum absolute atomic E-state index is 0.0536. The summed E-state index contributed by atoms with van der Waals surface area (Å²) in [6.07, 6.45) is 0.807. The summed E-state index contributed by atoms with van der Waals surface area (Å²) >= 11 is 0. The molecule has 7 nitrogen and oxygen atoms in total. The molecule has 0 unspecified atom stereocenters. The number of hydrogen-bond acceptors (Lipinski definition) is 5. The number of hydrogen-bond donors (Lipinski definition) is 2. The van der Waals surface area contributed by atoms with Crippen molar-refractivity contribution in [2.75, 3.05) is 65.3 Å². The van der Waals surface area contributed by atoms with Crippen LogP contribution >= 0.6 is 0 Å². The fourth-order valence-electron chi connectivity index (χ4n) is 3.17. The third-order valence-corrected chi connectivity index (χ3v) is 4.97. The number of likely N-dealkylation sites (N-methyl/N-ethyl adjacent to an activating group) is 1. The summed E-state index contributed by atoms with van der Waals surface area (Å²) in [5, 5.41) is 5.44. The first kappa shape index (κ1) is 21.2. The van der Waals surface area contributed by atoms with Crippen molar-refractivity contribution in [1.29, 1.82) is 0 Å². The van der Waals surface area contributed by atoms with Crippen molar-refractivity contribution in [2.24, 2.45) is 0 Å². The van der Waals surface area contributed by atoms with E-state index in [0.717, 1.165) is 43.9 Å². The van der Waals surface area contributed by atoms with Crippen LogP contribution in [0.4, 0.5) is 5.69 Å². The van der Waals surface area contributed by atoms with Crippen LogP contribution in [-0.4, -0.2) is 82.0 Å². The van der Waals surface area contributed by atoms with E-state index in [9.17, 15) is 9.59 Å². The van der Waals surface area contributed by atoms with Crippen LogP contribution in [0.5, 0.6) is 0 Å². The van der Waals surface area contributed by atoms with Gasteiger partial charge in [-0.2, -0.15) is 0 Å². The number of piperazine rings is 1. The van der Waals surface area contributed by atoms with Crippen LogP contribution in [0.25, 0.3) is 0 Å². The Hall–Kier alpha value is -2.12. The molecule has 1 atom stereocenters. The van der Waals surface area contributed by atoms with E-state index in [4.69, 9.17) is 0 Å². The summed E-state index contributed by atoms with van der Waals surface area (Å²) in [5.41, 5.74) is 2.29. The van der Waals surface area contributed by atoms with Gasteiger partial charge in [-0.05, 0) is 31.2 Å². The summed E-state index contributed by atoms with van der Waals surface area (Å²) in [5.74, 6) is -1.12. The average Bonchev–Trinajstić information content (AvgIpc) is 2.67. The number of carbonyl (C=O) groups excluding carboxylic acids is 2. The second kappa shape index (κ2) is 10.3. The maximum Gasteiger partial charge on any atom is 0.309 e. The van der Waals surface area contributed by atoms with Crippen molar-refractivity contribution in [1.82, 2.24) is 20.4 Å². The molecule has 0 bridgehead atoms. The van der Waals surface area contributed by atoms with Gasteiger partial charge in [-0.25, -0.2) is 0 Å². The zero-order valence-corrected chi connectivity index (χ0v) is 17.0. The molecule has 7 heteroatoms. The molecular weight excluding hydrogens is 342 g/mol. The van der Waals surface area contributed by atoms with Crippen molar-refractivity contribution < 1.29 is 9.59 Å². The van der Waals surface area contributed by atoms with Crippen LogP contribution in [0.2, 0.25) is 0 Å². The van der Waals surface area contributed by atoms with Gasteiger partial charge in [0.05, 0.1) is 6.04 Å². The lowest BCUT2D eigenvalue weighted by Gasteiger charge is -2.38. The first-order chi connectivity index (χ1) is 12.9. The summed E-state index contributed by atoms with van der Waals surface area (Å²) < 4.78 is 0. The lowest BCUT2D eigenvalue weighted by Crippen LogP contribution is -2.49. The molecule has 0 aromatic heterocycles. The molecular formula is C20H33N5O2. The highest BCUT2D eigenvalue weighted by Gasteiger charge is 2.25. The third kappa shape index (κ3) is 6.22. The van der Waals surface area contributed by atoms with Gasteiger partial charge in [-0.15, -0.1) is 0 Å². The Balaban J connectivity index is 2.07. The van der Waals surface area contributed by atoms with Gasteiger partial charge in [-0.1, -0.05) is 19.1 Å². The number of carbonyl (C=O) groups is 2. The summed E-state index contributed by atoms with van der Waals surface area (Å²) in [6, 6.07) is 8.46. The fraction of sp³-hybridized carbons (Fsp3) is 0.600. The van der Waals surface area contributed by atoms with Crippen molar-refractivity contribution in [3.63, 3.8) is 0 Å². The first-order valence-electron chi connectivity index (χ1n) is 9.68. The molecule has 150 valence electrons. The topological polar surface area (TPSA) is 67.9 Å². The van der Waals surface area contributed by atoms with E-state index in [1.54, 1.807) is 0 Å². The highest BCUT2D eigenvalue weighted by Crippen LogP contribution is 2.24. The van der Waals surface area contributed by atoms with Crippen LogP contribution in [0.3, 0.4) is 0 Å². The SMILES string of the molecule is CCCNC(=O)C(=O)NC[C@@H](c1ccc(N(C)C)cc1)N1CCN(C)CC1. The van der Waals surface area contributed by atoms with E-state index in [0.29, 0.717) is 13.1 Å². The zero-order chi connectivity index (χ0) is 19.8. The van der Waals surface area contributed by atoms with Crippen molar-refractivity contribution in [3.8, 4) is 0 Å². The minimum Gasteiger partial charge on any atom is -0.378 e. The largest absolute Gasteiger partial charge is 0.378 e. The first-order valence-corrected chi connectivity index (χ1v) is 9.68. The van der Waals surface area contributed by atoms with E-state index in [1.807, 2.05) is 21.0 Å². The Kier molecular flexibility index (Phi) is 8.06. The summed E-state index contributed by atoms with van der Waals surface area (Å²) in [6.45, 7) is 6.76. The Morgan fingerprint density at radius 3 is 2.19 bits per heavy atom. The molecule has 1 saturated heterocycles. The van der Waals surface area contributed by atoms with Crippen LogP contribution in [0.15, 0.2) is 24.3 Å². The third-order valence-electron chi connectivity index (χ3n) is 4.97. The maximum atomic E-state index is 12.1. The average molecular weight is 376 g/mol. The lowest BCUT2D eigenvalue weighted by atomic mass is 10.0. The molecule has 27 heavy (non-hydrogen) atoms. The molecule has 1 fully saturated rings. The highest BCUT2D eigenvalue weighted by molar-refractivity contribution is 6.35. The van der Waals surface area contributed by atoms with E-state index in [1.165, 1.54) is 0 Å². The molecule has 0 spiro atoms. The molecule has 1 aliphatic rings. The van der Waals surface area contributed by atoms with Crippen molar-refractivity contribution in [2.45, 2.75) is 19.4 Å². The molecule has 2 rings (SSSR count). The van der Waals surface area contributed by atoms with Crippen LogP contribution in [0.1, 0.15) is 24.9 Å². The zero-order valence-electron chi connectivity index (χ0n) is 17.0. The van der Waals surface area contributed by atoms with Gasteiger partial charge < -0.3 is 20.4 Å². The molecule has 2 N–H and O–H groups in total. The minimum atomic E-state index is -0.563. The van der Waals surface area contributed by atoms with E-state index >= 15 is 0 Å². The monoisotopic (exact) mass is 375 g/mol. The molecule has 1 aromatic rings. The van der Waals surface area contributed by atoms with Crippen LogP contribution in [0, 0.1) is 0 Å². The van der Waals surface area contributed by atoms with Crippen molar-refractivity contribution >= 4 is 17.5 Å². The number of rotatable bonds is 7. The van der Waals surface area contributed by atoms with Gasteiger partial charge in [0.15, 0.2) is 0 Å². The second-order valence-corrected chi connectivity index (χ2v) is 7.31. The van der Waals surface area contributed by atoms with E-state index in [-0.39, 0.29) is 6.04 Å².